The van der Waals surface area contributed by atoms with E-state index in [0.717, 1.165) is 10.0 Å². The number of benzene rings is 1. The van der Waals surface area contributed by atoms with Gasteiger partial charge < -0.3 is 4.42 Å². The average molecular weight is 324 g/mol. The van der Waals surface area contributed by atoms with Gasteiger partial charge in [-0.1, -0.05) is 34.9 Å². The zero-order valence-electron chi connectivity index (χ0n) is 10.7. The van der Waals surface area contributed by atoms with Crippen LogP contribution >= 0.6 is 15.9 Å². The van der Waals surface area contributed by atoms with Gasteiger partial charge in [0.15, 0.2) is 0 Å². The molecule has 0 aliphatic carbocycles. The molecule has 0 bridgehead atoms. The van der Waals surface area contributed by atoms with Crippen LogP contribution in [-0.2, 0) is 4.79 Å². The second-order valence-electron chi connectivity index (χ2n) is 4.57. The van der Waals surface area contributed by atoms with Crippen molar-refractivity contribution < 1.29 is 9.21 Å². The van der Waals surface area contributed by atoms with E-state index in [4.69, 9.17) is 4.42 Å². The van der Waals surface area contributed by atoms with Crippen molar-refractivity contribution in [3.05, 3.63) is 28.7 Å². The second kappa shape index (κ2) is 5.97. The summed E-state index contributed by atoms with van der Waals surface area (Å²) in [6, 6.07) is 7.62. The Morgan fingerprint density at radius 1 is 1.32 bits per heavy atom. The molecule has 0 saturated heterocycles. The van der Waals surface area contributed by atoms with Gasteiger partial charge in [-0.15, -0.1) is 5.10 Å². The van der Waals surface area contributed by atoms with Gasteiger partial charge in [-0.05, 0) is 30.2 Å². The van der Waals surface area contributed by atoms with Crippen LogP contribution in [0.15, 0.2) is 33.2 Å². The first-order valence-electron chi connectivity index (χ1n) is 5.94. The highest BCUT2D eigenvalue weighted by Crippen LogP contribution is 2.22. The van der Waals surface area contributed by atoms with Crippen LogP contribution in [0.1, 0.15) is 20.3 Å². The van der Waals surface area contributed by atoms with Gasteiger partial charge in [-0.3, -0.25) is 10.1 Å². The molecule has 1 heterocycles. The summed E-state index contributed by atoms with van der Waals surface area (Å²) in [4.78, 5) is 11.6. The molecule has 1 aromatic carbocycles. The molecule has 0 radical (unpaired) electrons. The Morgan fingerprint density at radius 3 is 2.63 bits per heavy atom. The Morgan fingerprint density at radius 2 is 2.00 bits per heavy atom. The molecule has 0 atom stereocenters. The predicted molar refractivity (Wildman–Crippen MR) is 75.5 cm³/mol. The summed E-state index contributed by atoms with van der Waals surface area (Å²) >= 11 is 3.36. The van der Waals surface area contributed by atoms with Crippen LogP contribution < -0.4 is 5.32 Å². The number of nitrogens with one attached hydrogen (secondary N) is 1. The van der Waals surface area contributed by atoms with Crippen molar-refractivity contribution in [1.29, 1.82) is 0 Å². The minimum absolute atomic E-state index is 0.124. The number of rotatable bonds is 4. The van der Waals surface area contributed by atoms with E-state index in [-0.39, 0.29) is 17.8 Å². The highest BCUT2D eigenvalue weighted by Gasteiger charge is 2.12. The van der Waals surface area contributed by atoms with Crippen LogP contribution in [0.4, 0.5) is 6.01 Å². The maximum Gasteiger partial charge on any atom is 0.322 e. The third-order valence-electron chi connectivity index (χ3n) is 2.36. The summed E-state index contributed by atoms with van der Waals surface area (Å²) in [5.74, 6) is 0.544. The summed E-state index contributed by atoms with van der Waals surface area (Å²) < 4.78 is 6.37. The van der Waals surface area contributed by atoms with Crippen molar-refractivity contribution in [2.24, 2.45) is 5.92 Å². The number of anilines is 1. The number of nitrogens with zero attached hydrogens (tertiary/aromatic N) is 2. The van der Waals surface area contributed by atoms with Crippen LogP contribution in [0, 0.1) is 5.92 Å². The van der Waals surface area contributed by atoms with Crippen molar-refractivity contribution in [1.82, 2.24) is 10.2 Å². The lowest BCUT2D eigenvalue weighted by Gasteiger charge is -2.02. The maximum atomic E-state index is 11.6. The number of carbonyl (C=O) groups excluding carboxylic acids is 1. The van der Waals surface area contributed by atoms with Crippen molar-refractivity contribution in [3.63, 3.8) is 0 Å². The molecule has 1 N–H and O–H groups in total. The Kier molecular flexibility index (Phi) is 4.31. The van der Waals surface area contributed by atoms with Crippen LogP contribution in [0.3, 0.4) is 0 Å². The van der Waals surface area contributed by atoms with Crippen LogP contribution in [0.2, 0.25) is 0 Å². The highest BCUT2D eigenvalue weighted by atomic mass is 79.9. The maximum absolute atomic E-state index is 11.6. The van der Waals surface area contributed by atoms with Crippen molar-refractivity contribution in [2.75, 3.05) is 5.32 Å². The molecule has 0 aliphatic rings. The van der Waals surface area contributed by atoms with Crippen LogP contribution in [-0.4, -0.2) is 16.1 Å². The molecule has 0 fully saturated rings. The van der Waals surface area contributed by atoms with Gasteiger partial charge in [0.25, 0.3) is 0 Å². The molecule has 0 unspecified atom stereocenters. The fourth-order valence-corrected chi connectivity index (χ4v) is 1.79. The quantitative estimate of drug-likeness (QED) is 0.935. The molecule has 0 saturated carbocycles. The normalized spacial score (nSPS) is 10.7. The van der Waals surface area contributed by atoms with E-state index in [1.165, 1.54) is 0 Å². The molecule has 6 heteroatoms. The van der Waals surface area contributed by atoms with Crippen LogP contribution in [0.25, 0.3) is 11.5 Å². The first kappa shape index (κ1) is 13.7. The fraction of sp³-hybridized carbons (Fsp3) is 0.308. The van der Waals surface area contributed by atoms with Crippen LogP contribution in [0.5, 0.6) is 0 Å². The molecule has 5 nitrogen and oxygen atoms in total. The lowest BCUT2D eigenvalue weighted by atomic mass is 10.1. The molecular formula is C13H14BrN3O2. The van der Waals surface area contributed by atoms with E-state index in [9.17, 15) is 4.79 Å². The fourth-order valence-electron chi connectivity index (χ4n) is 1.52. The molecule has 2 aromatic rings. The molecule has 1 aromatic heterocycles. The zero-order valence-corrected chi connectivity index (χ0v) is 12.3. The Balaban J connectivity index is 2.07. The number of amides is 1. The Labute approximate surface area is 119 Å². The smallest absolute Gasteiger partial charge is 0.322 e. The summed E-state index contributed by atoms with van der Waals surface area (Å²) in [6.45, 7) is 3.95. The number of halogens is 1. The molecule has 0 spiro atoms. The summed E-state index contributed by atoms with van der Waals surface area (Å²) in [5.41, 5.74) is 0.806. The minimum atomic E-state index is -0.124. The number of hydrogen-bond donors (Lipinski definition) is 1. The zero-order chi connectivity index (χ0) is 13.8. The van der Waals surface area contributed by atoms with Gasteiger partial charge in [-0.25, -0.2) is 0 Å². The number of carbonyl (C=O) groups is 1. The molecule has 1 amide bonds. The molecular weight excluding hydrogens is 310 g/mol. The monoisotopic (exact) mass is 323 g/mol. The summed E-state index contributed by atoms with van der Waals surface area (Å²) in [5, 5.41) is 10.3. The van der Waals surface area contributed by atoms with Gasteiger partial charge in [0, 0.05) is 16.5 Å². The SMILES string of the molecule is CC(C)CC(=O)Nc1nnc(-c2ccc(Br)cc2)o1. The van der Waals surface area contributed by atoms with Crippen molar-refractivity contribution in [2.45, 2.75) is 20.3 Å². The van der Waals surface area contributed by atoms with Gasteiger partial charge in [-0.2, -0.15) is 0 Å². The predicted octanol–water partition coefficient (Wildman–Crippen LogP) is 3.48. The highest BCUT2D eigenvalue weighted by molar-refractivity contribution is 9.10. The summed E-state index contributed by atoms with van der Waals surface area (Å²) in [6.07, 6.45) is 0.427. The first-order chi connectivity index (χ1) is 9.04. The number of aromatic nitrogens is 2. The lowest BCUT2D eigenvalue weighted by Crippen LogP contribution is -2.13. The average Bonchev–Trinajstić information content (AvgIpc) is 2.77. The lowest BCUT2D eigenvalue weighted by molar-refractivity contribution is -0.117. The minimum Gasteiger partial charge on any atom is -0.403 e. The van der Waals surface area contributed by atoms with E-state index in [1.807, 2.05) is 38.1 Å². The van der Waals surface area contributed by atoms with Crippen molar-refractivity contribution >= 4 is 27.9 Å². The second-order valence-corrected chi connectivity index (χ2v) is 5.48. The van der Waals surface area contributed by atoms with Crippen molar-refractivity contribution in [3.8, 4) is 11.5 Å². The summed E-state index contributed by atoms with van der Waals surface area (Å²) in [7, 11) is 0. The molecule has 19 heavy (non-hydrogen) atoms. The molecule has 2 rings (SSSR count). The topological polar surface area (TPSA) is 68.0 Å². The van der Waals surface area contributed by atoms with E-state index < -0.39 is 0 Å². The molecule has 0 aliphatic heterocycles. The van der Waals surface area contributed by atoms with E-state index in [0.29, 0.717) is 12.3 Å². The Bertz CT molecular complexity index is 564. The third-order valence-corrected chi connectivity index (χ3v) is 2.88. The Hall–Kier alpha value is -1.69. The largest absolute Gasteiger partial charge is 0.403 e. The molecule has 100 valence electrons. The van der Waals surface area contributed by atoms with E-state index >= 15 is 0 Å². The van der Waals surface area contributed by atoms with Gasteiger partial charge in [0.1, 0.15) is 0 Å². The van der Waals surface area contributed by atoms with Gasteiger partial charge >= 0.3 is 6.01 Å². The van der Waals surface area contributed by atoms with Gasteiger partial charge in [0.2, 0.25) is 11.8 Å². The van der Waals surface area contributed by atoms with Gasteiger partial charge in [0.05, 0.1) is 0 Å². The standard InChI is InChI=1S/C13H14BrN3O2/c1-8(2)7-11(18)15-13-17-16-12(19-13)9-3-5-10(14)6-4-9/h3-6,8H,7H2,1-2H3,(H,15,17,18). The number of hydrogen-bond acceptors (Lipinski definition) is 4. The van der Waals surface area contributed by atoms with E-state index in [2.05, 4.69) is 31.4 Å². The third kappa shape index (κ3) is 3.89. The van der Waals surface area contributed by atoms with E-state index in [1.54, 1.807) is 0 Å². The first-order valence-corrected chi connectivity index (χ1v) is 6.73.